The normalized spacial score (nSPS) is 17.6. The summed E-state index contributed by atoms with van der Waals surface area (Å²) in [6.45, 7) is 0. The molecular formula is C13H16N2S2. The van der Waals surface area contributed by atoms with E-state index in [1.807, 2.05) is 6.07 Å². The molecule has 1 saturated carbocycles. The monoisotopic (exact) mass is 264 g/mol. The molecule has 0 atom stereocenters. The van der Waals surface area contributed by atoms with E-state index in [0.29, 0.717) is 6.04 Å². The summed E-state index contributed by atoms with van der Waals surface area (Å²) in [6.07, 6.45) is 6.81. The van der Waals surface area contributed by atoms with E-state index in [-0.39, 0.29) is 0 Å². The largest absolute Gasteiger partial charge is 0.256 e. The van der Waals surface area contributed by atoms with Crippen molar-refractivity contribution in [2.24, 2.45) is 0 Å². The maximum absolute atomic E-state index is 4.46. The molecule has 1 heterocycles. The Bertz CT molecular complexity index is 489. The van der Waals surface area contributed by atoms with Crippen LogP contribution in [-0.4, -0.2) is 10.4 Å². The highest BCUT2D eigenvalue weighted by Crippen LogP contribution is 2.31. The lowest BCUT2D eigenvalue weighted by atomic mass is 9.96. The van der Waals surface area contributed by atoms with E-state index in [1.165, 1.54) is 41.7 Å². The summed E-state index contributed by atoms with van der Waals surface area (Å²) in [6, 6.07) is 9.06. The van der Waals surface area contributed by atoms with Gasteiger partial charge in [-0.3, -0.25) is 4.72 Å². The molecule has 1 aromatic carbocycles. The first-order chi connectivity index (χ1) is 8.43. The first-order valence-electron chi connectivity index (χ1n) is 6.20. The van der Waals surface area contributed by atoms with E-state index < -0.39 is 0 Å². The third kappa shape index (κ3) is 2.64. The predicted molar refractivity (Wildman–Crippen MR) is 75.5 cm³/mol. The number of benzene rings is 1. The molecule has 0 bridgehead atoms. The van der Waals surface area contributed by atoms with Gasteiger partial charge in [-0.05, 0) is 42.4 Å². The van der Waals surface area contributed by atoms with Crippen molar-refractivity contribution >= 4 is 34.4 Å². The van der Waals surface area contributed by atoms with E-state index in [0.717, 1.165) is 5.52 Å². The number of nitrogens with one attached hydrogen (secondary N) is 1. The Morgan fingerprint density at radius 3 is 2.88 bits per heavy atom. The predicted octanol–water partition coefficient (Wildman–Crippen LogP) is 4.23. The van der Waals surface area contributed by atoms with Gasteiger partial charge in [0.05, 0.1) is 5.52 Å². The van der Waals surface area contributed by atoms with Gasteiger partial charge in [0.2, 0.25) is 0 Å². The molecule has 1 aliphatic carbocycles. The molecular weight excluding hydrogens is 248 g/mol. The first kappa shape index (κ1) is 11.5. The van der Waals surface area contributed by atoms with Crippen molar-refractivity contribution in [3.8, 4) is 0 Å². The second-order valence-corrected chi connectivity index (χ2v) is 6.42. The van der Waals surface area contributed by atoms with Gasteiger partial charge in [0, 0.05) is 11.4 Å². The molecule has 0 spiro atoms. The van der Waals surface area contributed by atoms with E-state index in [9.17, 15) is 0 Å². The van der Waals surface area contributed by atoms with Gasteiger partial charge in [-0.15, -0.1) is 0 Å². The summed E-state index contributed by atoms with van der Waals surface area (Å²) in [4.78, 5) is 0. The van der Waals surface area contributed by atoms with Gasteiger partial charge in [-0.2, -0.15) is 4.37 Å². The Hall–Kier alpha value is -0.580. The summed E-state index contributed by atoms with van der Waals surface area (Å²) in [7, 11) is 0. The van der Waals surface area contributed by atoms with Crippen LogP contribution >= 0.6 is 23.5 Å². The van der Waals surface area contributed by atoms with Crippen molar-refractivity contribution in [1.82, 2.24) is 9.10 Å². The number of aromatic nitrogens is 1. The molecule has 0 saturated heterocycles. The fourth-order valence-electron chi connectivity index (χ4n) is 2.30. The molecule has 1 fully saturated rings. The van der Waals surface area contributed by atoms with Crippen LogP contribution in [0.25, 0.3) is 10.9 Å². The van der Waals surface area contributed by atoms with Gasteiger partial charge in [0.25, 0.3) is 0 Å². The van der Waals surface area contributed by atoms with Crippen LogP contribution in [-0.2, 0) is 0 Å². The van der Waals surface area contributed by atoms with Crippen LogP contribution in [0.2, 0.25) is 0 Å². The molecule has 90 valence electrons. The van der Waals surface area contributed by atoms with Gasteiger partial charge >= 0.3 is 0 Å². The Morgan fingerprint density at radius 1 is 1.18 bits per heavy atom. The summed E-state index contributed by atoms with van der Waals surface area (Å²) in [5.74, 6) is 0. The fourth-order valence-corrected chi connectivity index (χ4v) is 4.11. The second-order valence-electron chi connectivity index (χ2n) is 4.54. The van der Waals surface area contributed by atoms with Crippen LogP contribution in [0.5, 0.6) is 0 Å². The molecule has 2 aromatic rings. The lowest BCUT2D eigenvalue weighted by Crippen LogP contribution is -2.25. The SMILES string of the molecule is c1ccc2c(SNC3CCCCC3)snc2c1. The highest BCUT2D eigenvalue weighted by Gasteiger charge is 2.14. The van der Waals surface area contributed by atoms with Crippen LogP contribution in [0, 0.1) is 0 Å². The van der Waals surface area contributed by atoms with Crippen molar-refractivity contribution in [3.63, 3.8) is 0 Å². The zero-order chi connectivity index (χ0) is 11.5. The third-order valence-electron chi connectivity index (χ3n) is 3.27. The number of rotatable bonds is 3. The number of hydrogen-bond acceptors (Lipinski definition) is 4. The average molecular weight is 264 g/mol. The molecule has 0 unspecified atom stereocenters. The molecule has 0 amide bonds. The van der Waals surface area contributed by atoms with Crippen molar-refractivity contribution in [3.05, 3.63) is 24.3 Å². The number of nitrogens with zero attached hydrogens (tertiary/aromatic N) is 1. The van der Waals surface area contributed by atoms with Gasteiger partial charge in [0.15, 0.2) is 0 Å². The quantitative estimate of drug-likeness (QED) is 0.840. The average Bonchev–Trinajstić information content (AvgIpc) is 2.81. The standard InChI is InChI=1S/C13H16N2S2/c1-2-6-10(7-3-1)14-16-13-11-8-4-5-9-12(11)15-17-13/h4-5,8-10,14H,1-3,6-7H2. The van der Waals surface area contributed by atoms with E-state index in [1.54, 1.807) is 23.5 Å². The minimum absolute atomic E-state index is 0.689. The molecule has 0 aliphatic heterocycles. The summed E-state index contributed by atoms with van der Waals surface area (Å²) < 4.78 is 9.36. The van der Waals surface area contributed by atoms with Crippen molar-refractivity contribution in [2.75, 3.05) is 0 Å². The fraction of sp³-hybridized carbons (Fsp3) is 0.462. The van der Waals surface area contributed by atoms with Crippen LogP contribution < -0.4 is 4.72 Å². The van der Waals surface area contributed by atoms with Crippen LogP contribution in [0.3, 0.4) is 0 Å². The maximum Gasteiger partial charge on any atom is 0.104 e. The molecule has 4 heteroatoms. The first-order valence-corrected chi connectivity index (χ1v) is 7.79. The van der Waals surface area contributed by atoms with Gasteiger partial charge in [-0.1, -0.05) is 37.5 Å². The highest BCUT2D eigenvalue weighted by atomic mass is 32.2. The molecule has 17 heavy (non-hydrogen) atoms. The van der Waals surface area contributed by atoms with Crippen LogP contribution in [0.4, 0.5) is 0 Å². The third-order valence-corrected chi connectivity index (χ3v) is 5.28. The highest BCUT2D eigenvalue weighted by molar-refractivity contribution is 7.99. The molecule has 2 nitrogen and oxygen atoms in total. The molecule has 1 aliphatic rings. The zero-order valence-corrected chi connectivity index (χ0v) is 11.3. The topological polar surface area (TPSA) is 24.9 Å². The van der Waals surface area contributed by atoms with Crippen LogP contribution in [0.1, 0.15) is 32.1 Å². The van der Waals surface area contributed by atoms with Gasteiger partial charge in [0.1, 0.15) is 4.21 Å². The Labute approximate surface area is 110 Å². The van der Waals surface area contributed by atoms with Crippen molar-refractivity contribution in [2.45, 2.75) is 42.4 Å². The lowest BCUT2D eigenvalue weighted by molar-refractivity contribution is 0.423. The molecule has 0 radical (unpaired) electrons. The van der Waals surface area contributed by atoms with E-state index >= 15 is 0 Å². The molecule has 1 N–H and O–H groups in total. The summed E-state index contributed by atoms with van der Waals surface area (Å²) >= 11 is 3.37. The Morgan fingerprint density at radius 2 is 2.00 bits per heavy atom. The maximum atomic E-state index is 4.46. The number of fused-ring (bicyclic) bond motifs is 1. The minimum atomic E-state index is 0.689. The van der Waals surface area contributed by atoms with Gasteiger partial charge in [-0.25, -0.2) is 0 Å². The molecule has 1 aromatic heterocycles. The Kier molecular flexibility index (Phi) is 3.64. The zero-order valence-electron chi connectivity index (χ0n) is 9.69. The minimum Gasteiger partial charge on any atom is -0.256 e. The second kappa shape index (κ2) is 5.38. The van der Waals surface area contributed by atoms with E-state index in [4.69, 9.17) is 0 Å². The van der Waals surface area contributed by atoms with Crippen molar-refractivity contribution < 1.29 is 0 Å². The number of hydrogen-bond donors (Lipinski definition) is 1. The van der Waals surface area contributed by atoms with E-state index in [2.05, 4.69) is 27.3 Å². The molecule has 3 rings (SSSR count). The summed E-state index contributed by atoms with van der Waals surface area (Å²) in [5, 5.41) is 1.28. The summed E-state index contributed by atoms with van der Waals surface area (Å²) in [5.41, 5.74) is 1.12. The lowest BCUT2D eigenvalue weighted by Gasteiger charge is -2.21. The van der Waals surface area contributed by atoms with Crippen molar-refractivity contribution in [1.29, 1.82) is 0 Å². The smallest absolute Gasteiger partial charge is 0.104 e. The van der Waals surface area contributed by atoms with Crippen LogP contribution in [0.15, 0.2) is 28.5 Å². The van der Waals surface area contributed by atoms with Gasteiger partial charge < -0.3 is 0 Å². The Balaban J connectivity index is 1.68.